The summed E-state index contributed by atoms with van der Waals surface area (Å²) in [5.74, 6) is -2.51. The van der Waals surface area contributed by atoms with E-state index in [1.807, 2.05) is 0 Å². The van der Waals surface area contributed by atoms with Gasteiger partial charge in [0.05, 0.1) is 6.33 Å². The number of aliphatic carboxylic acids is 2. The number of H-pyrrole nitrogens is 1. The van der Waals surface area contributed by atoms with E-state index in [-0.39, 0.29) is 0 Å². The van der Waals surface area contributed by atoms with Crippen molar-refractivity contribution in [2.45, 2.75) is 0 Å². The van der Waals surface area contributed by atoms with Gasteiger partial charge in [0.2, 0.25) is 0 Å². The number of nitrogens with zero attached hydrogens (tertiary/aromatic N) is 1. The van der Waals surface area contributed by atoms with Crippen LogP contribution in [0.1, 0.15) is 0 Å². The SMILES string of the molecule is O=C(O)/C=C\C(=O)O.c1c[nH]cn1. The third-order valence-corrected chi connectivity index (χ3v) is 0.774. The first kappa shape index (κ1) is 10.9. The van der Waals surface area contributed by atoms with Crippen molar-refractivity contribution in [1.82, 2.24) is 9.97 Å². The second kappa shape index (κ2) is 6.59. The van der Waals surface area contributed by atoms with E-state index in [1.54, 1.807) is 18.7 Å². The van der Waals surface area contributed by atoms with Crippen molar-refractivity contribution in [3.05, 3.63) is 30.9 Å². The molecule has 1 heterocycles. The number of hydrogen-bond donors (Lipinski definition) is 3. The van der Waals surface area contributed by atoms with Gasteiger partial charge in [0.25, 0.3) is 0 Å². The number of carboxylic acids is 2. The Morgan fingerprint density at radius 1 is 1.23 bits per heavy atom. The minimum atomic E-state index is -1.26. The summed E-state index contributed by atoms with van der Waals surface area (Å²) >= 11 is 0. The number of nitrogens with one attached hydrogen (secondary N) is 1. The molecule has 70 valence electrons. The lowest BCUT2D eigenvalue weighted by Crippen LogP contribution is -1.91. The number of rotatable bonds is 2. The molecule has 0 amide bonds. The van der Waals surface area contributed by atoms with Crippen LogP contribution in [-0.4, -0.2) is 32.1 Å². The van der Waals surface area contributed by atoms with Crippen molar-refractivity contribution < 1.29 is 19.8 Å². The molecule has 0 aliphatic heterocycles. The van der Waals surface area contributed by atoms with Gasteiger partial charge in [-0.3, -0.25) is 0 Å². The number of aromatic amines is 1. The maximum Gasteiger partial charge on any atom is 0.328 e. The molecule has 1 aromatic heterocycles. The molecule has 1 rings (SSSR count). The number of carboxylic acid groups (broad SMARTS) is 2. The fourth-order valence-electron chi connectivity index (χ4n) is 0.358. The monoisotopic (exact) mass is 184 g/mol. The van der Waals surface area contributed by atoms with E-state index < -0.39 is 11.9 Å². The molecule has 0 aliphatic rings. The first-order valence-corrected chi connectivity index (χ1v) is 3.19. The Balaban J connectivity index is 0.000000243. The van der Waals surface area contributed by atoms with Crippen molar-refractivity contribution in [2.24, 2.45) is 0 Å². The average Bonchev–Trinajstić information content (AvgIpc) is 2.57. The zero-order valence-electron chi connectivity index (χ0n) is 6.54. The highest BCUT2D eigenvalue weighted by Crippen LogP contribution is 1.70. The van der Waals surface area contributed by atoms with Crippen molar-refractivity contribution in [3.63, 3.8) is 0 Å². The predicted molar refractivity (Wildman–Crippen MR) is 43.0 cm³/mol. The van der Waals surface area contributed by atoms with E-state index >= 15 is 0 Å². The molecule has 0 atom stereocenters. The lowest BCUT2D eigenvalue weighted by molar-refractivity contribution is -0.134. The van der Waals surface area contributed by atoms with Crippen LogP contribution in [0.25, 0.3) is 0 Å². The highest BCUT2D eigenvalue weighted by atomic mass is 16.4. The van der Waals surface area contributed by atoms with Crippen LogP contribution in [0.15, 0.2) is 30.9 Å². The molecule has 0 saturated carbocycles. The third kappa shape index (κ3) is 9.89. The molecule has 0 spiro atoms. The molecule has 0 fully saturated rings. The van der Waals surface area contributed by atoms with Gasteiger partial charge in [-0.15, -0.1) is 0 Å². The molecule has 0 unspecified atom stereocenters. The molecule has 6 heteroatoms. The van der Waals surface area contributed by atoms with E-state index in [4.69, 9.17) is 10.2 Å². The number of imidazole rings is 1. The predicted octanol–water partition coefficient (Wildman–Crippen LogP) is 0.122. The zero-order valence-corrected chi connectivity index (χ0v) is 6.54. The second-order valence-electron chi connectivity index (χ2n) is 1.77. The van der Waals surface area contributed by atoms with Crippen molar-refractivity contribution in [2.75, 3.05) is 0 Å². The van der Waals surface area contributed by atoms with Gasteiger partial charge in [0, 0.05) is 24.5 Å². The topological polar surface area (TPSA) is 103 Å². The van der Waals surface area contributed by atoms with E-state index in [0.29, 0.717) is 12.2 Å². The molecule has 0 aromatic carbocycles. The van der Waals surface area contributed by atoms with Crippen LogP contribution in [0.3, 0.4) is 0 Å². The molecular weight excluding hydrogens is 176 g/mol. The summed E-state index contributed by atoms with van der Waals surface area (Å²) in [7, 11) is 0. The van der Waals surface area contributed by atoms with Crippen LogP contribution in [0.2, 0.25) is 0 Å². The molecule has 6 nitrogen and oxygen atoms in total. The summed E-state index contributed by atoms with van der Waals surface area (Å²) in [6.45, 7) is 0. The van der Waals surface area contributed by atoms with Crippen LogP contribution >= 0.6 is 0 Å². The Kier molecular flexibility index (Phi) is 5.52. The van der Waals surface area contributed by atoms with E-state index in [1.165, 1.54) is 0 Å². The molecule has 0 aliphatic carbocycles. The van der Waals surface area contributed by atoms with Gasteiger partial charge in [-0.2, -0.15) is 0 Å². The standard InChI is InChI=1S/C4H4O4.C3H4N2/c5-3(6)1-2-4(7)8;1-2-5-3-4-1/h1-2H,(H,5,6)(H,7,8);1-3H,(H,4,5)/b2-1-;. The Morgan fingerprint density at radius 2 is 1.77 bits per heavy atom. The summed E-state index contributed by atoms with van der Waals surface area (Å²) in [6, 6.07) is 0. The van der Waals surface area contributed by atoms with E-state index in [2.05, 4.69) is 9.97 Å². The highest BCUT2D eigenvalue weighted by molar-refractivity contribution is 5.89. The summed E-state index contributed by atoms with van der Waals surface area (Å²) in [6.07, 6.45) is 6.20. The number of carbonyl (C=O) groups is 2. The Morgan fingerprint density at radius 3 is 1.92 bits per heavy atom. The van der Waals surface area contributed by atoms with Gasteiger partial charge in [-0.1, -0.05) is 0 Å². The summed E-state index contributed by atoms with van der Waals surface area (Å²) in [5.41, 5.74) is 0. The highest BCUT2D eigenvalue weighted by Gasteiger charge is 1.88. The minimum Gasteiger partial charge on any atom is -0.478 e. The van der Waals surface area contributed by atoms with Crippen molar-refractivity contribution in [3.8, 4) is 0 Å². The Hall–Kier alpha value is -2.11. The lowest BCUT2D eigenvalue weighted by Gasteiger charge is -1.74. The van der Waals surface area contributed by atoms with Gasteiger partial charge in [-0.05, 0) is 0 Å². The maximum absolute atomic E-state index is 9.55. The van der Waals surface area contributed by atoms with Gasteiger partial charge in [-0.25, -0.2) is 14.6 Å². The van der Waals surface area contributed by atoms with E-state index in [0.717, 1.165) is 0 Å². The van der Waals surface area contributed by atoms with Crippen LogP contribution in [0.5, 0.6) is 0 Å². The molecule has 13 heavy (non-hydrogen) atoms. The van der Waals surface area contributed by atoms with Crippen LogP contribution in [-0.2, 0) is 9.59 Å². The van der Waals surface area contributed by atoms with Crippen LogP contribution in [0, 0.1) is 0 Å². The van der Waals surface area contributed by atoms with Crippen LogP contribution in [0.4, 0.5) is 0 Å². The molecular formula is C7H8N2O4. The first-order chi connectivity index (χ1) is 6.13. The van der Waals surface area contributed by atoms with Gasteiger partial charge in [0.15, 0.2) is 0 Å². The molecule has 0 radical (unpaired) electrons. The average molecular weight is 184 g/mol. The van der Waals surface area contributed by atoms with E-state index in [9.17, 15) is 9.59 Å². The van der Waals surface area contributed by atoms with Gasteiger partial charge in [0.1, 0.15) is 0 Å². The minimum absolute atomic E-state index is 0.558. The van der Waals surface area contributed by atoms with Gasteiger partial charge < -0.3 is 15.2 Å². The van der Waals surface area contributed by atoms with Gasteiger partial charge >= 0.3 is 11.9 Å². The largest absolute Gasteiger partial charge is 0.478 e. The smallest absolute Gasteiger partial charge is 0.328 e. The van der Waals surface area contributed by atoms with Crippen molar-refractivity contribution in [1.29, 1.82) is 0 Å². The van der Waals surface area contributed by atoms with Crippen LogP contribution < -0.4 is 0 Å². The lowest BCUT2D eigenvalue weighted by atomic mass is 10.5. The first-order valence-electron chi connectivity index (χ1n) is 3.19. The fourth-order valence-corrected chi connectivity index (χ4v) is 0.358. The number of aromatic nitrogens is 2. The molecule has 1 aromatic rings. The number of hydrogen-bond acceptors (Lipinski definition) is 3. The zero-order chi connectivity index (χ0) is 10.1. The molecule has 3 N–H and O–H groups in total. The Bertz CT molecular complexity index is 245. The second-order valence-corrected chi connectivity index (χ2v) is 1.77. The molecule has 0 bridgehead atoms. The maximum atomic E-state index is 9.55. The summed E-state index contributed by atoms with van der Waals surface area (Å²) in [4.78, 5) is 25.5. The summed E-state index contributed by atoms with van der Waals surface area (Å²) < 4.78 is 0. The summed E-state index contributed by atoms with van der Waals surface area (Å²) in [5, 5.41) is 15.6. The quantitative estimate of drug-likeness (QED) is 0.566. The molecule has 0 saturated heterocycles. The third-order valence-electron chi connectivity index (χ3n) is 0.774. The normalized spacial score (nSPS) is 8.92. The Labute approximate surface area is 73.5 Å². The van der Waals surface area contributed by atoms with Crippen molar-refractivity contribution >= 4 is 11.9 Å². The fraction of sp³-hybridized carbons (Fsp3) is 0.